The molecule has 0 aliphatic heterocycles. The molecule has 0 bridgehead atoms. The molecular formula is C10H7BrNY-. The van der Waals surface area contributed by atoms with Crippen LogP contribution in [0.5, 0.6) is 0 Å². The summed E-state index contributed by atoms with van der Waals surface area (Å²) in [5.74, 6) is 0. The predicted molar refractivity (Wildman–Crippen MR) is 55.6 cm³/mol. The van der Waals surface area contributed by atoms with Gasteiger partial charge in [-0.3, -0.25) is 0 Å². The summed E-state index contributed by atoms with van der Waals surface area (Å²) in [7, 11) is 0. The van der Waals surface area contributed by atoms with Crippen LogP contribution in [0.4, 0.5) is 5.69 Å². The van der Waals surface area contributed by atoms with Crippen LogP contribution in [0.25, 0.3) is 16.5 Å². The second kappa shape index (κ2) is 4.54. The summed E-state index contributed by atoms with van der Waals surface area (Å²) in [5, 5.41) is 2.27. The van der Waals surface area contributed by atoms with Crippen molar-refractivity contribution in [3.05, 3.63) is 46.6 Å². The summed E-state index contributed by atoms with van der Waals surface area (Å²) in [6.07, 6.45) is 0. The molecule has 2 aromatic rings. The smallest absolute Gasteiger partial charge is 0.0253 e. The first kappa shape index (κ1) is 11.2. The maximum Gasteiger partial charge on any atom is 0.0253 e. The molecule has 0 aromatic heterocycles. The van der Waals surface area contributed by atoms with Gasteiger partial charge in [0.1, 0.15) is 0 Å². The third-order valence-corrected chi connectivity index (χ3v) is 2.52. The van der Waals surface area contributed by atoms with Crippen LogP contribution in [-0.4, -0.2) is 0 Å². The van der Waals surface area contributed by atoms with E-state index in [9.17, 15) is 0 Å². The summed E-state index contributed by atoms with van der Waals surface area (Å²) >= 11 is 3.46. The van der Waals surface area contributed by atoms with Crippen molar-refractivity contribution < 1.29 is 32.7 Å². The number of fused-ring (bicyclic) bond motifs is 1. The topological polar surface area (TPSA) is 23.8 Å². The fraction of sp³-hybridized carbons (Fsp3) is 0. The quantitative estimate of drug-likeness (QED) is 0.693. The van der Waals surface area contributed by atoms with Gasteiger partial charge in [0, 0.05) is 37.2 Å². The number of hydrogen-bond acceptors (Lipinski definition) is 0. The predicted octanol–water partition coefficient (Wildman–Crippen LogP) is 4.28. The third-order valence-electron chi connectivity index (χ3n) is 1.83. The summed E-state index contributed by atoms with van der Waals surface area (Å²) in [4.78, 5) is 0. The number of rotatable bonds is 0. The minimum absolute atomic E-state index is 0. The monoisotopic (exact) mass is 309 g/mol. The van der Waals surface area contributed by atoms with Gasteiger partial charge in [0.25, 0.3) is 0 Å². The Bertz CT molecular complexity index is 428. The van der Waals surface area contributed by atoms with E-state index in [2.05, 4.69) is 15.9 Å². The zero-order valence-corrected chi connectivity index (χ0v) is 11.3. The number of hydrogen-bond donors (Lipinski definition) is 0. The largest absolute Gasteiger partial charge is 0.699 e. The summed E-state index contributed by atoms with van der Waals surface area (Å²) in [6.45, 7) is 0. The van der Waals surface area contributed by atoms with E-state index in [1.54, 1.807) is 6.07 Å². The Labute approximate surface area is 111 Å². The summed E-state index contributed by atoms with van der Waals surface area (Å²) < 4.78 is 1.08. The molecular weight excluding hydrogens is 303 g/mol. The Balaban J connectivity index is 0.000000845. The molecule has 0 atom stereocenters. The fourth-order valence-electron chi connectivity index (χ4n) is 1.24. The molecule has 0 heterocycles. The first-order chi connectivity index (χ1) is 5.77. The Morgan fingerprint density at radius 2 is 1.85 bits per heavy atom. The molecule has 63 valence electrons. The summed E-state index contributed by atoms with van der Waals surface area (Å²) in [6, 6.07) is 11.6. The van der Waals surface area contributed by atoms with Crippen molar-refractivity contribution in [3.8, 4) is 0 Å². The van der Waals surface area contributed by atoms with Crippen molar-refractivity contribution in [1.29, 1.82) is 0 Å². The van der Waals surface area contributed by atoms with E-state index in [1.165, 1.54) is 0 Å². The second-order valence-electron chi connectivity index (χ2n) is 2.68. The second-order valence-corrected chi connectivity index (χ2v) is 3.53. The average molecular weight is 310 g/mol. The molecule has 1 radical (unpaired) electrons. The Morgan fingerprint density at radius 1 is 1.08 bits per heavy atom. The zero-order chi connectivity index (χ0) is 8.55. The van der Waals surface area contributed by atoms with E-state index in [1.807, 2.05) is 30.3 Å². The van der Waals surface area contributed by atoms with E-state index in [-0.39, 0.29) is 32.7 Å². The van der Waals surface area contributed by atoms with Crippen LogP contribution >= 0.6 is 15.9 Å². The molecule has 0 aliphatic rings. The van der Waals surface area contributed by atoms with E-state index < -0.39 is 0 Å². The van der Waals surface area contributed by atoms with Crippen molar-refractivity contribution in [2.45, 2.75) is 0 Å². The fourth-order valence-corrected chi connectivity index (χ4v) is 1.76. The maximum atomic E-state index is 7.43. The molecule has 0 saturated heterocycles. The van der Waals surface area contributed by atoms with Gasteiger partial charge in [-0.1, -0.05) is 46.3 Å². The minimum atomic E-state index is 0. The van der Waals surface area contributed by atoms with Gasteiger partial charge in [0.2, 0.25) is 0 Å². The van der Waals surface area contributed by atoms with Crippen LogP contribution < -0.4 is 0 Å². The van der Waals surface area contributed by atoms with Gasteiger partial charge < -0.3 is 5.73 Å². The molecule has 0 aliphatic carbocycles. The Hall–Kier alpha value is 0.0839. The molecule has 3 heteroatoms. The number of nitrogens with one attached hydrogen (secondary N) is 1. The first-order valence-electron chi connectivity index (χ1n) is 3.67. The van der Waals surface area contributed by atoms with Crippen LogP contribution in [-0.2, 0) is 32.7 Å². The number of benzene rings is 2. The third kappa shape index (κ3) is 2.31. The number of halogens is 1. The molecule has 0 fully saturated rings. The van der Waals surface area contributed by atoms with Crippen LogP contribution in [0.2, 0.25) is 0 Å². The molecule has 0 saturated carbocycles. The maximum absolute atomic E-state index is 7.43. The van der Waals surface area contributed by atoms with Crippen LogP contribution in [0, 0.1) is 0 Å². The van der Waals surface area contributed by atoms with Crippen LogP contribution in [0.1, 0.15) is 0 Å². The minimum Gasteiger partial charge on any atom is -0.699 e. The molecule has 0 spiro atoms. The van der Waals surface area contributed by atoms with Gasteiger partial charge in [-0.2, -0.15) is 0 Å². The molecule has 2 rings (SSSR count). The Morgan fingerprint density at radius 3 is 2.62 bits per heavy atom. The van der Waals surface area contributed by atoms with Gasteiger partial charge in [0.05, 0.1) is 0 Å². The average Bonchev–Trinajstić information content (AvgIpc) is 2.04. The van der Waals surface area contributed by atoms with Gasteiger partial charge in [-0.15, -0.1) is 5.69 Å². The van der Waals surface area contributed by atoms with Crippen molar-refractivity contribution >= 4 is 32.4 Å². The first-order valence-corrected chi connectivity index (χ1v) is 4.46. The molecule has 13 heavy (non-hydrogen) atoms. The molecule has 2 aromatic carbocycles. The van der Waals surface area contributed by atoms with Gasteiger partial charge in [-0.25, -0.2) is 0 Å². The van der Waals surface area contributed by atoms with Crippen molar-refractivity contribution in [3.63, 3.8) is 0 Å². The van der Waals surface area contributed by atoms with Crippen LogP contribution in [0.15, 0.2) is 40.9 Å². The van der Waals surface area contributed by atoms with E-state index in [4.69, 9.17) is 5.73 Å². The van der Waals surface area contributed by atoms with Crippen molar-refractivity contribution in [1.82, 2.24) is 0 Å². The normalized spacial score (nSPS) is 9.62. The SMILES string of the molecule is [NH-]c1ccc2c(Br)cccc2c1.[Y]. The standard InChI is InChI=1S/C10H7BrN.Y/c11-10-3-1-2-7-6-8(12)4-5-9(7)10;/h1-6,12H;/q-1;. The van der Waals surface area contributed by atoms with Gasteiger partial charge in [0.15, 0.2) is 0 Å². The molecule has 0 amide bonds. The van der Waals surface area contributed by atoms with Crippen LogP contribution in [0.3, 0.4) is 0 Å². The van der Waals surface area contributed by atoms with Gasteiger partial charge in [-0.05, 0) is 16.8 Å². The van der Waals surface area contributed by atoms with E-state index in [0.29, 0.717) is 5.69 Å². The van der Waals surface area contributed by atoms with Gasteiger partial charge >= 0.3 is 0 Å². The molecule has 1 nitrogen and oxygen atoms in total. The molecule has 1 N–H and O–H groups in total. The molecule has 0 unspecified atom stereocenters. The summed E-state index contributed by atoms with van der Waals surface area (Å²) in [5.41, 5.74) is 7.99. The zero-order valence-electron chi connectivity index (χ0n) is 6.92. The van der Waals surface area contributed by atoms with E-state index in [0.717, 1.165) is 15.2 Å². The van der Waals surface area contributed by atoms with E-state index >= 15 is 0 Å². The van der Waals surface area contributed by atoms with Crippen molar-refractivity contribution in [2.24, 2.45) is 0 Å². The van der Waals surface area contributed by atoms with Crippen molar-refractivity contribution in [2.75, 3.05) is 0 Å². The Kier molecular flexibility index (Phi) is 3.90.